The van der Waals surface area contributed by atoms with Crippen LogP contribution in [0.5, 0.6) is 5.75 Å². The molecule has 0 aromatic heterocycles. The third kappa shape index (κ3) is 2.97. The third-order valence-corrected chi connectivity index (χ3v) is 2.97. The molecule has 1 aliphatic rings. The van der Waals surface area contributed by atoms with Gasteiger partial charge in [0.25, 0.3) is 0 Å². The number of hydrogen-bond acceptors (Lipinski definition) is 3. The monoisotopic (exact) mass is 221 g/mol. The van der Waals surface area contributed by atoms with Gasteiger partial charge >= 0.3 is 0 Å². The predicted octanol–water partition coefficient (Wildman–Crippen LogP) is 1.82. The van der Waals surface area contributed by atoms with Crippen LogP contribution in [-0.4, -0.2) is 26.8 Å². The minimum absolute atomic E-state index is 0.639. The van der Waals surface area contributed by atoms with Crippen LogP contribution < -0.4 is 10.1 Å². The average Bonchev–Trinajstić information content (AvgIpc) is 2.83. The van der Waals surface area contributed by atoms with Crippen LogP contribution in [0.3, 0.4) is 0 Å². The summed E-state index contributed by atoms with van der Waals surface area (Å²) in [5.41, 5.74) is 1.12. The van der Waals surface area contributed by atoms with Crippen molar-refractivity contribution in [3.8, 4) is 5.75 Å². The number of ether oxygens (including phenoxy) is 2. The van der Waals surface area contributed by atoms with E-state index in [1.54, 1.807) is 7.11 Å². The number of hydrogen-bond donors (Lipinski definition) is 1. The van der Waals surface area contributed by atoms with E-state index in [4.69, 9.17) is 9.47 Å². The van der Waals surface area contributed by atoms with Crippen LogP contribution >= 0.6 is 0 Å². The molecule has 0 bridgehead atoms. The van der Waals surface area contributed by atoms with Gasteiger partial charge in [0, 0.05) is 12.1 Å². The Morgan fingerprint density at radius 2 is 2.25 bits per heavy atom. The summed E-state index contributed by atoms with van der Waals surface area (Å²) < 4.78 is 11.0. The summed E-state index contributed by atoms with van der Waals surface area (Å²) in [4.78, 5) is 0. The van der Waals surface area contributed by atoms with Crippen molar-refractivity contribution in [2.45, 2.75) is 13.0 Å². The minimum atomic E-state index is 0.639. The van der Waals surface area contributed by atoms with Crippen LogP contribution in [0.4, 0.5) is 0 Å². The highest BCUT2D eigenvalue weighted by Gasteiger charge is 2.14. The van der Waals surface area contributed by atoms with E-state index in [0.29, 0.717) is 12.5 Å². The highest BCUT2D eigenvalue weighted by Crippen LogP contribution is 2.18. The fraction of sp³-hybridized carbons (Fsp3) is 0.538. The number of benzene rings is 1. The molecule has 0 spiro atoms. The number of nitrogens with one attached hydrogen (secondary N) is 1. The van der Waals surface area contributed by atoms with E-state index in [1.165, 1.54) is 6.42 Å². The Kier molecular flexibility index (Phi) is 4.19. The Morgan fingerprint density at radius 1 is 1.38 bits per heavy atom. The van der Waals surface area contributed by atoms with Crippen molar-refractivity contribution in [3.63, 3.8) is 0 Å². The quantitative estimate of drug-likeness (QED) is 0.822. The lowest BCUT2D eigenvalue weighted by Crippen LogP contribution is -2.13. The summed E-state index contributed by atoms with van der Waals surface area (Å²) >= 11 is 0. The Hall–Kier alpha value is -1.06. The van der Waals surface area contributed by atoms with E-state index < -0.39 is 0 Å². The number of rotatable bonds is 5. The summed E-state index contributed by atoms with van der Waals surface area (Å²) in [6.07, 6.45) is 1.23. The third-order valence-electron chi connectivity index (χ3n) is 2.97. The van der Waals surface area contributed by atoms with Crippen molar-refractivity contribution >= 4 is 0 Å². The van der Waals surface area contributed by atoms with Crippen LogP contribution in [0, 0.1) is 5.92 Å². The molecule has 0 aliphatic carbocycles. The Balaban J connectivity index is 1.79. The van der Waals surface area contributed by atoms with E-state index >= 15 is 0 Å². The first-order chi connectivity index (χ1) is 7.90. The van der Waals surface area contributed by atoms with E-state index in [9.17, 15) is 0 Å². The van der Waals surface area contributed by atoms with Crippen LogP contribution in [0.2, 0.25) is 0 Å². The Bertz CT molecular complexity index is 321. The van der Waals surface area contributed by atoms with Gasteiger partial charge < -0.3 is 14.8 Å². The average molecular weight is 221 g/mol. The fourth-order valence-electron chi connectivity index (χ4n) is 2.01. The van der Waals surface area contributed by atoms with E-state index in [-0.39, 0.29) is 0 Å². The van der Waals surface area contributed by atoms with Crippen molar-refractivity contribution in [2.75, 3.05) is 26.8 Å². The summed E-state index contributed by atoms with van der Waals surface area (Å²) in [5, 5.41) is 3.34. The Morgan fingerprint density at radius 3 is 3.00 bits per heavy atom. The van der Waals surface area contributed by atoms with Crippen LogP contribution in [0.1, 0.15) is 12.0 Å². The first kappa shape index (κ1) is 11.4. The van der Waals surface area contributed by atoms with Crippen LogP contribution in [0.25, 0.3) is 0 Å². The van der Waals surface area contributed by atoms with Crippen molar-refractivity contribution in [2.24, 2.45) is 5.92 Å². The zero-order chi connectivity index (χ0) is 11.2. The molecule has 1 fully saturated rings. The van der Waals surface area contributed by atoms with E-state index in [2.05, 4.69) is 5.32 Å². The van der Waals surface area contributed by atoms with Crippen molar-refractivity contribution in [1.82, 2.24) is 5.32 Å². The molecule has 1 heterocycles. The first-order valence-electron chi connectivity index (χ1n) is 5.80. The summed E-state index contributed by atoms with van der Waals surface area (Å²) in [5.74, 6) is 1.58. The summed E-state index contributed by atoms with van der Waals surface area (Å²) in [6.45, 7) is 3.69. The van der Waals surface area contributed by atoms with Gasteiger partial charge in [-0.25, -0.2) is 0 Å². The maximum Gasteiger partial charge on any atom is 0.124 e. The second-order valence-electron chi connectivity index (χ2n) is 4.19. The van der Waals surface area contributed by atoms with Gasteiger partial charge in [-0.2, -0.15) is 0 Å². The lowest BCUT2D eigenvalue weighted by molar-refractivity contribution is 0.0910. The maximum atomic E-state index is 5.73. The first-order valence-corrected chi connectivity index (χ1v) is 5.80. The molecule has 3 nitrogen and oxygen atoms in total. The fourth-order valence-corrected chi connectivity index (χ4v) is 2.01. The predicted molar refractivity (Wildman–Crippen MR) is 63.6 cm³/mol. The normalized spacial score (nSPS) is 19.9. The Labute approximate surface area is 96.8 Å². The number of methoxy groups -OCH3 is 1. The molecule has 0 unspecified atom stereocenters. The largest absolute Gasteiger partial charge is 0.496 e. The van der Waals surface area contributed by atoms with E-state index in [0.717, 1.165) is 31.0 Å². The molecule has 3 heteroatoms. The molecule has 2 rings (SSSR count). The van der Waals surface area contributed by atoms with Gasteiger partial charge in [-0.1, -0.05) is 18.2 Å². The molecule has 0 radical (unpaired) electrons. The van der Waals surface area contributed by atoms with Gasteiger partial charge in [0.05, 0.1) is 20.3 Å². The summed E-state index contributed by atoms with van der Waals surface area (Å²) in [6, 6.07) is 8.00. The van der Waals surface area contributed by atoms with Gasteiger partial charge in [-0.05, 0) is 24.9 Å². The molecule has 1 saturated heterocycles. The standard InChI is InChI=1S/C13H19NO2/c1-15-13-5-3-2-4-12(13)10-16-9-11-6-7-14-8-11/h2-5,11,14H,6-10H2,1H3/t11-/m1/s1. The van der Waals surface area contributed by atoms with Crippen LogP contribution in [-0.2, 0) is 11.3 Å². The topological polar surface area (TPSA) is 30.5 Å². The van der Waals surface area contributed by atoms with Gasteiger partial charge in [-0.15, -0.1) is 0 Å². The molecule has 1 aliphatic heterocycles. The highest BCUT2D eigenvalue weighted by atomic mass is 16.5. The molecule has 16 heavy (non-hydrogen) atoms. The second-order valence-corrected chi connectivity index (χ2v) is 4.19. The van der Waals surface area contributed by atoms with Gasteiger partial charge in [-0.3, -0.25) is 0 Å². The minimum Gasteiger partial charge on any atom is -0.496 e. The molecule has 0 amide bonds. The molecule has 1 N–H and O–H groups in total. The molecule has 88 valence electrons. The molecule has 0 saturated carbocycles. The lowest BCUT2D eigenvalue weighted by atomic mass is 10.1. The molecule has 1 atom stereocenters. The molecular formula is C13H19NO2. The number of para-hydroxylation sites is 1. The van der Waals surface area contributed by atoms with Gasteiger partial charge in [0.2, 0.25) is 0 Å². The van der Waals surface area contributed by atoms with Crippen LogP contribution in [0.15, 0.2) is 24.3 Å². The molecular weight excluding hydrogens is 202 g/mol. The molecule has 1 aromatic carbocycles. The van der Waals surface area contributed by atoms with Gasteiger partial charge in [0.15, 0.2) is 0 Å². The summed E-state index contributed by atoms with van der Waals surface area (Å²) in [7, 11) is 1.69. The highest BCUT2D eigenvalue weighted by molar-refractivity contribution is 5.32. The molecule has 1 aromatic rings. The smallest absolute Gasteiger partial charge is 0.124 e. The maximum absolute atomic E-state index is 5.73. The van der Waals surface area contributed by atoms with Crippen molar-refractivity contribution < 1.29 is 9.47 Å². The SMILES string of the molecule is COc1ccccc1COC[C@@H]1CCNC1. The van der Waals surface area contributed by atoms with Crippen molar-refractivity contribution in [1.29, 1.82) is 0 Å². The van der Waals surface area contributed by atoms with E-state index in [1.807, 2.05) is 24.3 Å². The van der Waals surface area contributed by atoms with Crippen molar-refractivity contribution in [3.05, 3.63) is 29.8 Å². The zero-order valence-corrected chi connectivity index (χ0v) is 9.74. The van der Waals surface area contributed by atoms with Gasteiger partial charge in [0.1, 0.15) is 5.75 Å². The second kappa shape index (κ2) is 5.87. The lowest BCUT2D eigenvalue weighted by Gasteiger charge is -2.11. The zero-order valence-electron chi connectivity index (χ0n) is 9.74.